The third-order valence-corrected chi connectivity index (χ3v) is 10.4. The van der Waals surface area contributed by atoms with Crippen LogP contribution in [0.1, 0.15) is 30.0 Å². The lowest BCUT2D eigenvalue weighted by molar-refractivity contribution is -0.140. The maximum absolute atomic E-state index is 14.7. The summed E-state index contributed by atoms with van der Waals surface area (Å²) in [5.74, 6) is 0.303. The second-order valence-electron chi connectivity index (χ2n) is 11.9. The van der Waals surface area contributed by atoms with Crippen molar-refractivity contribution in [2.45, 2.75) is 44.2 Å². The Morgan fingerprint density at radius 3 is 1.98 bits per heavy atom. The number of para-hydroxylation sites is 1. The van der Waals surface area contributed by atoms with Crippen LogP contribution in [0.15, 0.2) is 143 Å². The van der Waals surface area contributed by atoms with E-state index in [0.717, 1.165) is 31.9 Å². The first kappa shape index (κ1) is 36.4. The summed E-state index contributed by atoms with van der Waals surface area (Å²) in [6, 6.07) is 38.4. The van der Waals surface area contributed by atoms with Crippen molar-refractivity contribution >= 4 is 43.5 Å². The van der Waals surface area contributed by atoms with E-state index in [1.54, 1.807) is 36.4 Å². The molecule has 0 bridgehead atoms. The van der Waals surface area contributed by atoms with Crippen molar-refractivity contribution in [2.75, 3.05) is 17.4 Å². The normalized spacial score (nSPS) is 11.7. The Kier molecular flexibility index (Phi) is 12.5. The van der Waals surface area contributed by atoms with Gasteiger partial charge in [-0.2, -0.15) is 0 Å². The van der Waals surface area contributed by atoms with Crippen molar-refractivity contribution < 1.29 is 22.7 Å². The number of carbonyl (C=O) groups excluding carboxylic acids is 2. The third kappa shape index (κ3) is 9.61. The zero-order chi connectivity index (χ0) is 35.5. The summed E-state index contributed by atoms with van der Waals surface area (Å²) in [4.78, 5) is 30.0. The van der Waals surface area contributed by atoms with Crippen molar-refractivity contribution in [1.29, 1.82) is 0 Å². The number of rotatable bonds is 15. The zero-order valence-electron chi connectivity index (χ0n) is 28.0. The minimum Gasteiger partial charge on any atom is -0.457 e. The predicted octanol–water partition coefficient (Wildman–Crippen LogP) is 7.91. The summed E-state index contributed by atoms with van der Waals surface area (Å²) in [7, 11) is -4.23. The SMILES string of the molecule is CCCNC(=O)C(Cc1ccccc1)N(Cc1ccc(Br)cc1)C(=O)CN(c1ccc(Oc2ccccc2)cc1)S(=O)(=O)c1ccc(C)cc1. The number of anilines is 1. The van der Waals surface area contributed by atoms with Crippen molar-refractivity contribution in [1.82, 2.24) is 10.2 Å². The van der Waals surface area contributed by atoms with E-state index in [1.165, 1.54) is 17.0 Å². The van der Waals surface area contributed by atoms with Crippen LogP contribution in [0.4, 0.5) is 5.69 Å². The fourth-order valence-electron chi connectivity index (χ4n) is 5.38. The minimum atomic E-state index is -4.23. The highest BCUT2D eigenvalue weighted by molar-refractivity contribution is 9.10. The molecule has 0 saturated heterocycles. The summed E-state index contributed by atoms with van der Waals surface area (Å²) < 4.78 is 36.6. The van der Waals surface area contributed by atoms with Gasteiger partial charge in [-0.25, -0.2) is 8.42 Å². The van der Waals surface area contributed by atoms with E-state index in [0.29, 0.717) is 18.0 Å². The molecule has 258 valence electrons. The first-order chi connectivity index (χ1) is 24.1. The molecule has 1 atom stereocenters. The van der Waals surface area contributed by atoms with Crippen LogP contribution in [-0.4, -0.2) is 44.3 Å². The molecule has 0 aliphatic carbocycles. The Morgan fingerprint density at radius 1 is 0.760 bits per heavy atom. The van der Waals surface area contributed by atoms with Gasteiger partial charge in [0.15, 0.2) is 0 Å². The van der Waals surface area contributed by atoms with E-state index in [1.807, 2.05) is 98.8 Å². The molecule has 5 aromatic carbocycles. The molecule has 2 amide bonds. The Bertz CT molecular complexity index is 1960. The Labute approximate surface area is 302 Å². The number of hydrogen-bond donors (Lipinski definition) is 1. The summed E-state index contributed by atoms with van der Waals surface area (Å²) in [6.07, 6.45) is 0.964. The molecule has 0 spiro atoms. The van der Waals surface area contributed by atoms with Crippen LogP contribution in [0.5, 0.6) is 11.5 Å². The second kappa shape index (κ2) is 17.1. The van der Waals surface area contributed by atoms with Crippen LogP contribution in [0.25, 0.3) is 0 Å². The number of nitrogens with zero attached hydrogens (tertiary/aromatic N) is 2. The molecule has 1 N–H and O–H groups in total. The van der Waals surface area contributed by atoms with Crippen LogP contribution >= 0.6 is 15.9 Å². The molecule has 0 aliphatic rings. The summed E-state index contributed by atoms with van der Waals surface area (Å²) in [5.41, 5.74) is 2.84. The van der Waals surface area contributed by atoms with E-state index in [4.69, 9.17) is 4.74 Å². The zero-order valence-corrected chi connectivity index (χ0v) is 30.4. The van der Waals surface area contributed by atoms with Gasteiger partial charge in [-0.3, -0.25) is 13.9 Å². The van der Waals surface area contributed by atoms with Gasteiger partial charge < -0.3 is 15.0 Å². The number of sulfonamides is 1. The van der Waals surface area contributed by atoms with E-state index in [2.05, 4.69) is 21.2 Å². The van der Waals surface area contributed by atoms with Crippen molar-refractivity contribution in [2.24, 2.45) is 0 Å². The third-order valence-electron chi connectivity index (χ3n) is 8.08. The summed E-state index contributed by atoms with van der Waals surface area (Å²) in [6.45, 7) is 3.82. The van der Waals surface area contributed by atoms with Crippen LogP contribution in [-0.2, 0) is 32.6 Å². The summed E-state index contributed by atoms with van der Waals surface area (Å²) >= 11 is 3.47. The predicted molar refractivity (Wildman–Crippen MR) is 201 cm³/mol. The fourth-order valence-corrected chi connectivity index (χ4v) is 7.06. The largest absolute Gasteiger partial charge is 0.457 e. The lowest BCUT2D eigenvalue weighted by atomic mass is 10.0. The lowest BCUT2D eigenvalue weighted by Gasteiger charge is -2.34. The highest BCUT2D eigenvalue weighted by Crippen LogP contribution is 2.29. The monoisotopic (exact) mass is 753 g/mol. The standard InChI is InChI=1S/C40H40BrN3O5S/c1-3-26-42-40(46)38(27-31-10-6-4-7-11-31)43(28-32-16-18-33(41)19-17-32)39(45)29-44(50(47,48)37-24-14-30(2)15-25-37)34-20-22-36(23-21-34)49-35-12-8-5-9-13-35/h4-25,38H,3,26-29H2,1-2H3,(H,42,46). The molecular formula is C40H40BrN3O5S. The number of aryl methyl sites for hydroxylation is 1. The highest BCUT2D eigenvalue weighted by atomic mass is 79.9. The van der Waals surface area contributed by atoms with Crippen molar-refractivity contribution in [3.05, 3.63) is 155 Å². The lowest BCUT2D eigenvalue weighted by Crippen LogP contribution is -2.53. The van der Waals surface area contributed by atoms with E-state index < -0.39 is 28.5 Å². The Balaban J connectivity index is 1.55. The van der Waals surface area contributed by atoms with Gasteiger partial charge in [0.05, 0.1) is 10.6 Å². The number of hydrogen-bond acceptors (Lipinski definition) is 5. The molecule has 0 heterocycles. The Morgan fingerprint density at radius 2 is 1.36 bits per heavy atom. The number of halogens is 1. The van der Waals surface area contributed by atoms with Crippen LogP contribution in [0, 0.1) is 6.92 Å². The quantitative estimate of drug-likeness (QED) is 0.117. The molecule has 0 fully saturated rings. The maximum atomic E-state index is 14.7. The molecule has 0 saturated carbocycles. The van der Waals surface area contributed by atoms with Crippen LogP contribution < -0.4 is 14.4 Å². The number of amides is 2. The maximum Gasteiger partial charge on any atom is 0.264 e. The van der Waals surface area contributed by atoms with E-state index in [9.17, 15) is 18.0 Å². The highest BCUT2D eigenvalue weighted by Gasteiger charge is 2.34. The van der Waals surface area contributed by atoms with E-state index in [-0.39, 0.29) is 29.5 Å². The van der Waals surface area contributed by atoms with Gasteiger partial charge in [0.2, 0.25) is 11.8 Å². The number of benzene rings is 5. The first-order valence-electron chi connectivity index (χ1n) is 16.4. The Hall–Kier alpha value is -4.93. The second-order valence-corrected chi connectivity index (χ2v) is 14.7. The molecule has 10 heteroatoms. The molecule has 1 unspecified atom stereocenters. The number of nitrogens with one attached hydrogen (secondary N) is 1. The van der Waals surface area contributed by atoms with Crippen molar-refractivity contribution in [3.63, 3.8) is 0 Å². The average Bonchev–Trinajstić information content (AvgIpc) is 3.13. The van der Waals surface area contributed by atoms with Crippen LogP contribution in [0.2, 0.25) is 0 Å². The van der Waals surface area contributed by atoms with Gasteiger partial charge in [0, 0.05) is 24.0 Å². The van der Waals surface area contributed by atoms with Gasteiger partial charge in [-0.15, -0.1) is 0 Å². The topological polar surface area (TPSA) is 96.0 Å². The minimum absolute atomic E-state index is 0.0431. The fraction of sp³-hybridized carbons (Fsp3) is 0.200. The molecule has 50 heavy (non-hydrogen) atoms. The van der Waals surface area contributed by atoms with Gasteiger partial charge >= 0.3 is 0 Å². The smallest absolute Gasteiger partial charge is 0.264 e. The van der Waals surface area contributed by atoms with Gasteiger partial charge in [0.1, 0.15) is 24.1 Å². The van der Waals surface area contributed by atoms with Crippen LogP contribution in [0.3, 0.4) is 0 Å². The average molecular weight is 755 g/mol. The van der Waals surface area contributed by atoms with Gasteiger partial charge in [0.25, 0.3) is 10.0 Å². The molecule has 5 rings (SSSR count). The van der Waals surface area contributed by atoms with Crippen molar-refractivity contribution in [3.8, 4) is 11.5 Å². The molecule has 8 nitrogen and oxygen atoms in total. The van der Waals surface area contributed by atoms with E-state index >= 15 is 0 Å². The number of carbonyl (C=O) groups is 2. The molecule has 5 aromatic rings. The first-order valence-corrected chi connectivity index (χ1v) is 18.7. The summed E-state index contributed by atoms with van der Waals surface area (Å²) in [5, 5.41) is 2.97. The molecule has 0 radical (unpaired) electrons. The molecular weight excluding hydrogens is 714 g/mol. The molecule has 0 aromatic heterocycles. The molecule has 0 aliphatic heterocycles. The van der Waals surface area contributed by atoms with Gasteiger partial charge in [-0.1, -0.05) is 101 Å². The number of ether oxygens (including phenoxy) is 1. The van der Waals surface area contributed by atoms with Gasteiger partial charge in [-0.05, 0) is 85.1 Å².